The minimum Gasteiger partial charge on any atom is -0.483 e. The number of para-hydroxylation sites is 1. The Morgan fingerprint density at radius 3 is 2.50 bits per heavy atom. The van der Waals surface area contributed by atoms with Gasteiger partial charge < -0.3 is 14.8 Å². The van der Waals surface area contributed by atoms with Crippen molar-refractivity contribution < 1.29 is 14.3 Å². The van der Waals surface area contributed by atoms with Crippen molar-refractivity contribution in [3.63, 3.8) is 0 Å². The molecule has 0 fully saturated rings. The number of anilines is 1. The lowest BCUT2D eigenvalue weighted by molar-refractivity contribution is -0.118. The molecule has 5 heteroatoms. The Hall–Kier alpha value is -3.34. The highest BCUT2D eigenvalue weighted by molar-refractivity contribution is 5.91. The van der Waals surface area contributed by atoms with Gasteiger partial charge in [0.15, 0.2) is 6.61 Å². The number of carbonyl (C=O) groups excluding carboxylic acids is 1. The Labute approximate surface area is 164 Å². The fraction of sp³-hybridized carbons (Fsp3) is 0.217. The third kappa shape index (κ3) is 4.49. The molecular weight excluding hydrogens is 352 g/mol. The summed E-state index contributed by atoms with van der Waals surface area (Å²) in [4.78, 5) is 16.7. The number of rotatable bonds is 6. The Morgan fingerprint density at radius 1 is 0.929 bits per heavy atom. The number of aryl methyl sites for hydroxylation is 1. The summed E-state index contributed by atoms with van der Waals surface area (Å²) in [5.74, 6) is 2.06. The van der Waals surface area contributed by atoms with Gasteiger partial charge >= 0.3 is 0 Å². The van der Waals surface area contributed by atoms with Crippen molar-refractivity contribution in [3.05, 3.63) is 78.1 Å². The van der Waals surface area contributed by atoms with Crippen LogP contribution in [0.3, 0.4) is 0 Å². The first kappa shape index (κ1) is 18.0. The number of pyridine rings is 1. The standard InChI is InChI=1S/C23H22N2O3/c26-23(16-27-22-14-15-24-21-9-5-4-8-20(21)22)25-17-10-12-19(13-11-17)28-18-6-2-1-3-7-18/h1-3,6-7,10-15H,4-5,8-9,16H2,(H,25,26). The van der Waals surface area contributed by atoms with Crippen LogP contribution in [0, 0.1) is 0 Å². The monoisotopic (exact) mass is 374 g/mol. The van der Waals surface area contributed by atoms with Gasteiger partial charge in [-0.2, -0.15) is 0 Å². The van der Waals surface area contributed by atoms with E-state index in [1.165, 1.54) is 0 Å². The van der Waals surface area contributed by atoms with Crippen LogP contribution >= 0.6 is 0 Å². The summed E-state index contributed by atoms with van der Waals surface area (Å²) < 4.78 is 11.5. The van der Waals surface area contributed by atoms with E-state index < -0.39 is 0 Å². The summed E-state index contributed by atoms with van der Waals surface area (Å²) in [6, 6.07) is 18.7. The zero-order chi connectivity index (χ0) is 19.2. The fourth-order valence-corrected chi connectivity index (χ4v) is 3.30. The molecule has 0 radical (unpaired) electrons. The Bertz CT molecular complexity index is 940. The Balaban J connectivity index is 1.32. The van der Waals surface area contributed by atoms with E-state index in [0.29, 0.717) is 11.4 Å². The van der Waals surface area contributed by atoms with Crippen LogP contribution < -0.4 is 14.8 Å². The topological polar surface area (TPSA) is 60.5 Å². The van der Waals surface area contributed by atoms with Crippen LogP contribution in [0.2, 0.25) is 0 Å². The zero-order valence-electron chi connectivity index (χ0n) is 15.6. The first-order valence-electron chi connectivity index (χ1n) is 9.50. The highest BCUT2D eigenvalue weighted by atomic mass is 16.5. The van der Waals surface area contributed by atoms with Gasteiger partial charge in [-0.15, -0.1) is 0 Å². The van der Waals surface area contributed by atoms with Crippen molar-refractivity contribution in [1.82, 2.24) is 4.98 Å². The number of fused-ring (bicyclic) bond motifs is 1. The number of nitrogens with zero attached hydrogens (tertiary/aromatic N) is 1. The van der Waals surface area contributed by atoms with Crippen LogP contribution in [-0.2, 0) is 17.6 Å². The summed E-state index contributed by atoms with van der Waals surface area (Å²) in [5.41, 5.74) is 2.94. The molecule has 3 aromatic rings. The predicted octanol–water partition coefficient (Wildman–Crippen LogP) is 4.77. The average molecular weight is 374 g/mol. The van der Waals surface area contributed by atoms with Crippen LogP contribution in [0.4, 0.5) is 5.69 Å². The summed E-state index contributed by atoms with van der Waals surface area (Å²) in [7, 11) is 0. The van der Waals surface area contributed by atoms with E-state index in [-0.39, 0.29) is 12.5 Å². The maximum atomic E-state index is 12.2. The lowest BCUT2D eigenvalue weighted by Crippen LogP contribution is -2.21. The average Bonchev–Trinajstić information content (AvgIpc) is 2.74. The van der Waals surface area contributed by atoms with Crippen LogP contribution in [0.5, 0.6) is 17.2 Å². The summed E-state index contributed by atoms with van der Waals surface area (Å²) in [6.07, 6.45) is 5.99. The SMILES string of the molecule is O=C(COc1ccnc2c1CCCC2)Nc1ccc(Oc2ccccc2)cc1. The molecular formula is C23H22N2O3. The molecule has 28 heavy (non-hydrogen) atoms. The van der Waals surface area contributed by atoms with Gasteiger partial charge in [0, 0.05) is 23.1 Å². The molecule has 142 valence electrons. The number of carbonyl (C=O) groups is 1. The number of benzene rings is 2. The summed E-state index contributed by atoms with van der Waals surface area (Å²) in [6.45, 7) is -0.0290. The molecule has 5 nitrogen and oxygen atoms in total. The third-order valence-corrected chi connectivity index (χ3v) is 4.67. The van der Waals surface area contributed by atoms with Gasteiger partial charge in [0.2, 0.25) is 0 Å². The highest BCUT2D eigenvalue weighted by Gasteiger charge is 2.16. The van der Waals surface area contributed by atoms with Crippen molar-refractivity contribution >= 4 is 11.6 Å². The van der Waals surface area contributed by atoms with Crippen molar-refractivity contribution in [1.29, 1.82) is 0 Å². The zero-order valence-corrected chi connectivity index (χ0v) is 15.6. The maximum Gasteiger partial charge on any atom is 0.262 e. The van der Waals surface area contributed by atoms with Crippen LogP contribution in [0.25, 0.3) is 0 Å². The number of ether oxygens (including phenoxy) is 2. The third-order valence-electron chi connectivity index (χ3n) is 4.67. The Kier molecular flexibility index (Phi) is 5.52. The number of aromatic nitrogens is 1. The molecule has 0 unspecified atom stereocenters. The number of amides is 1. The molecule has 4 rings (SSSR count). The minimum absolute atomic E-state index is 0.0290. The van der Waals surface area contributed by atoms with Crippen molar-refractivity contribution in [2.45, 2.75) is 25.7 Å². The van der Waals surface area contributed by atoms with Crippen LogP contribution in [0.1, 0.15) is 24.1 Å². The van der Waals surface area contributed by atoms with Crippen LogP contribution in [-0.4, -0.2) is 17.5 Å². The molecule has 0 saturated heterocycles. The summed E-state index contributed by atoms with van der Waals surface area (Å²) >= 11 is 0. The molecule has 1 amide bonds. The molecule has 1 aromatic heterocycles. The Morgan fingerprint density at radius 2 is 1.68 bits per heavy atom. The van der Waals surface area contributed by atoms with Gasteiger partial charge in [0.05, 0.1) is 0 Å². The van der Waals surface area contributed by atoms with E-state index in [1.54, 1.807) is 6.20 Å². The number of hydrogen-bond donors (Lipinski definition) is 1. The number of nitrogens with one attached hydrogen (secondary N) is 1. The van der Waals surface area contributed by atoms with Crippen molar-refractivity contribution in [3.8, 4) is 17.2 Å². The second kappa shape index (κ2) is 8.57. The van der Waals surface area contributed by atoms with E-state index in [9.17, 15) is 4.79 Å². The number of hydrogen-bond acceptors (Lipinski definition) is 4. The second-order valence-electron chi connectivity index (χ2n) is 6.72. The maximum absolute atomic E-state index is 12.2. The van der Waals surface area contributed by atoms with Gasteiger partial charge in [-0.25, -0.2) is 0 Å². The molecule has 0 saturated carbocycles. The summed E-state index contributed by atoms with van der Waals surface area (Å²) in [5, 5.41) is 2.85. The van der Waals surface area contributed by atoms with E-state index in [0.717, 1.165) is 48.4 Å². The lowest BCUT2D eigenvalue weighted by atomic mass is 9.95. The van der Waals surface area contributed by atoms with Gasteiger partial charge in [-0.3, -0.25) is 9.78 Å². The van der Waals surface area contributed by atoms with Gasteiger partial charge in [0.1, 0.15) is 17.2 Å². The van der Waals surface area contributed by atoms with Crippen LogP contribution in [0.15, 0.2) is 66.9 Å². The second-order valence-corrected chi connectivity index (χ2v) is 6.72. The van der Waals surface area contributed by atoms with E-state index in [1.807, 2.05) is 60.7 Å². The fourth-order valence-electron chi connectivity index (χ4n) is 3.30. The molecule has 1 N–H and O–H groups in total. The van der Waals surface area contributed by atoms with Crippen molar-refractivity contribution in [2.75, 3.05) is 11.9 Å². The molecule has 1 heterocycles. The molecule has 0 spiro atoms. The highest BCUT2D eigenvalue weighted by Crippen LogP contribution is 2.28. The predicted molar refractivity (Wildman–Crippen MR) is 108 cm³/mol. The molecule has 0 aliphatic heterocycles. The van der Waals surface area contributed by atoms with Gasteiger partial charge in [-0.05, 0) is 68.1 Å². The molecule has 2 aromatic carbocycles. The van der Waals surface area contributed by atoms with E-state index in [2.05, 4.69) is 10.3 Å². The minimum atomic E-state index is -0.196. The molecule has 1 aliphatic rings. The van der Waals surface area contributed by atoms with Gasteiger partial charge in [-0.1, -0.05) is 18.2 Å². The van der Waals surface area contributed by atoms with E-state index in [4.69, 9.17) is 9.47 Å². The normalized spacial score (nSPS) is 12.7. The first-order chi connectivity index (χ1) is 13.8. The largest absolute Gasteiger partial charge is 0.483 e. The van der Waals surface area contributed by atoms with E-state index >= 15 is 0 Å². The molecule has 0 atom stereocenters. The first-order valence-corrected chi connectivity index (χ1v) is 9.50. The quantitative estimate of drug-likeness (QED) is 0.675. The lowest BCUT2D eigenvalue weighted by Gasteiger charge is -2.18. The molecule has 1 aliphatic carbocycles. The smallest absolute Gasteiger partial charge is 0.262 e. The molecule has 0 bridgehead atoms. The van der Waals surface area contributed by atoms with Gasteiger partial charge in [0.25, 0.3) is 5.91 Å². The van der Waals surface area contributed by atoms with Crippen molar-refractivity contribution in [2.24, 2.45) is 0 Å².